The maximum Gasteiger partial charge on any atom is 0.160 e. The van der Waals surface area contributed by atoms with E-state index in [4.69, 9.17) is 9.97 Å². The van der Waals surface area contributed by atoms with E-state index in [0.717, 1.165) is 40.3 Å². The largest absolute Gasteiger partial charge is 0.316 e. The molecule has 112 valence electrons. The van der Waals surface area contributed by atoms with Crippen LogP contribution in [0.3, 0.4) is 0 Å². The van der Waals surface area contributed by atoms with E-state index in [0.29, 0.717) is 5.92 Å². The summed E-state index contributed by atoms with van der Waals surface area (Å²) in [4.78, 5) is 9.45. The van der Waals surface area contributed by atoms with Crippen LogP contribution in [0.25, 0.3) is 11.4 Å². The maximum atomic E-state index is 4.73. The summed E-state index contributed by atoms with van der Waals surface area (Å²) < 4.78 is 1.03. The predicted octanol–water partition coefficient (Wildman–Crippen LogP) is 4.24. The number of aromatic nitrogens is 2. The second kappa shape index (κ2) is 7.14. The van der Waals surface area contributed by atoms with Crippen molar-refractivity contribution < 1.29 is 0 Å². The first-order valence-electron chi connectivity index (χ1n) is 7.35. The number of likely N-dealkylation sites (N-methyl/N-ethyl adjacent to an activating group) is 1. The Morgan fingerprint density at radius 3 is 2.33 bits per heavy atom. The Morgan fingerprint density at radius 1 is 1.14 bits per heavy atom. The van der Waals surface area contributed by atoms with Crippen LogP contribution in [-0.4, -0.2) is 23.1 Å². The van der Waals surface area contributed by atoms with Gasteiger partial charge in [0.25, 0.3) is 0 Å². The molecular weight excluding hydrogens is 326 g/mol. The molecule has 1 heterocycles. The van der Waals surface area contributed by atoms with Gasteiger partial charge in [0.1, 0.15) is 0 Å². The molecule has 2 aromatic rings. The van der Waals surface area contributed by atoms with Crippen LogP contribution in [0.1, 0.15) is 36.7 Å². The molecule has 0 radical (unpaired) electrons. The van der Waals surface area contributed by atoms with Gasteiger partial charge < -0.3 is 5.32 Å². The number of nitrogens with one attached hydrogen (secondary N) is 1. The molecule has 0 saturated carbocycles. The fraction of sp³-hybridized carbons (Fsp3) is 0.412. The second-order valence-corrected chi connectivity index (χ2v) is 6.17. The lowest BCUT2D eigenvalue weighted by molar-refractivity contribution is 0.624. The lowest BCUT2D eigenvalue weighted by Gasteiger charge is -2.18. The Hall–Kier alpha value is -1.26. The number of hydrogen-bond donors (Lipinski definition) is 1. The van der Waals surface area contributed by atoms with E-state index < -0.39 is 0 Å². The van der Waals surface area contributed by atoms with Crippen LogP contribution in [0.5, 0.6) is 0 Å². The Kier molecular flexibility index (Phi) is 5.48. The molecule has 0 aliphatic rings. The van der Waals surface area contributed by atoms with Crippen molar-refractivity contribution in [1.29, 1.82) is 0 Å². The first-order chi connectivity index (χ1) is 10.0. The highest BCUT2D eigenvalue weighted by atomic mass is 79.9. The predicted molar refractivity (Wildman–Crippen MR) is 91.6 cm³/mol. The van der Waals surface area contributed by atoms with Gasteiger partial charge in [0.05, 0.1) is 0 Å². The Labute approximate surface area is 135 Å². The van der Waals surface area contributed by atoms with Gasteiger partial charge in [-0.15, -0.1) is 0 Å². The average molecular weight is 348 g/mol. The normalized spacial score (nSPS) is 12.4. The molecule has 1 atom stereocenters. The van der Waals surface area contributed by atoms with E-state index in [9.17, 15) is 0 Å². The van der Waals surface area contributed by atoms with Crippen LogP contribution in [0.2, 0.25) is 0 Å². The summed E-state index contributed by atoms with van der Waals surface area (Å²) in [6.45, 7) is 10.4. The van der Waals surface area contributed by atoms with Crippen molar-refractivity contribution >= 4 is 15.9 Å². The molecule has 0 fully saturated rings. The number of halogens is 1. The fourth-order valence-corrected chi connectivity index (χ4v) is 3.13. The SMILES string of the molecule is CCNCC(C)c1c(C)nc(-c2ccccc2Br)nc1C. The molecule has 1 aromatic heterocycles. The molecule has 0 saturated heterocycles. The van der Waals surface area contributed by atoms with Crippen LogP contribution in [0.4, 0.5) is 0 Å². The van der Waals surface area contributed by atoms with E-state index in [1.54, 1.807) is 0 Å². The Balaban J connectivity index is 2.40. The van der Waals surface area contributed by atoms with E-state index in [1.165, 1.54) is 5.56 Å². The summed E-state index contributed by atoms with van der Waals surface area (Å²) in [5, 5.41) is 3.39. The van der Waals surface area contributed by atoms with Gasteiger partial charge in [-0.2, -0.15) is 0 Å². The molecule has 1 unspecified atom stereocenters. The van der Waals surface area contributed by atoms with Gasteiger partial charge in [-0.05, 0) is 37.9 Å². The van der Waals surface area contributed by atoms with Crippen molar-refractivity contribution in [2.75, 3.05) is 13.1 Å². The number of rotatable bonds is 5. The summed E-state index contributed by atoms with van der Waals surface area (Å²) in [7, 11) is 0. The zero-order valence-corrected chi connectivity index (χ0v) is 14.7. The quantitative estimate of drug-likeness (QED) is 0.878. The zero-order valence-electron chi connectivity index (χ0n) is 13.1. The summed E-state index contributed by atoms with van der Waals surface area (Å²) in [5.41, 5.74) is 4.43. The third kappa shape index (κ3) is 3.69. The van der Waals surface area contributed by atoms with Crippen molar-refractivity contribution in [1.82, 2.24) is 15.3 Å². The Morgan fingerprint density at radius 2 is 1.76 bits per heavy atom. The highest BCUT2D eigenvalue weighted by Crippen LogP contribution is 2.28. The van der Waals surface area contributed by atoms with Gasteiger partial charge in [-0.25, -0.2) is 9.97 Å². The van der Waals surface area contributed by atoms with Crippen molar-refractivity contribution in [3.05, 3.63) is 45.7 Å². The second-order valence-electron chi connectivity index (χ2n) is 5.32. The topological polar surface area (TPSA) is 37.8 Å². The highest BCUT2D eigenvalue weighted by Gasteiger charge is 2.16. The van der Waals surface area contributed by atoms with Crippen LogP contribution in [-0.2, 0) is 0 Å². The molecule has 0 amide bonds. The molecule has 21 heavy (non-hydrogen) atoms. The monoisotopic (exact) mass is 347 g/mol. The molecule has 0 aliphatic carbocycles. The van der Waals surface area contributed by atoms with Crippen LogP contribution >= 0.6 is 15.9 Å². The van der Waals surface area contributed by atoms with E-state index >= 15 is 0 Å². The van der Waals surface area contributed by atoms with Gasteiger partial charge in [0.2, 0.25) is 0 Å². The van der Waals surface area contributed by atoms with Crippen molar-refractivity contribution in [2.24, 2.45) is 0 Å². The molecule has 0 aliphatic heterocycles. The van der Waals surface area contributed by atoms with Gasteiger partial charge in [-0.1, -0.05) is 48.0 Å². The fourth-order valence-electron chi connectivity index (χ4n) is 2.66. The summed E-state index contributed by atoms with van der Waals surface area (Å²) in [6.07, 6.45) is 0. The number of benzene rings is 1. The summed E-state index contributed by atoms with van der Waals surface area (Å²) in [6, 6.07) is 8.07. The minimum atomic E-state index is 0.415. The van der Waals surface area contributed by atoms with Gasteiger partial charge >= 0.3 is 0 Å². The van der Waals surface area contributed by atoms with E-state index in [-0.39, 0.29) is 0 Å². The van der Waals surface area contributed by atoms with Crippen LogP contribution in [0.15, 0.2) is 28.7 Å². The third-order valence-corrected chi connectivity index (χ3v) is 4.33. The zero-order chi connectivity index (χ0) is 15.4. The molecule has 0 bridgehead atoms. The third-order valence-electron chi connectivity index (χ3n) is 3.63. The lowest BCUT2D eigenvalue weighted by atomic mass is 9.97. The lowest BCUT2D eigenvalue weighted by Crippen LogP contribution is -2.21. The first kappa shape index (κ1) is 16.1. The summed E-state index contributed by atoms with van der Waals surface area (Å²) in [5.74, 6) is 1.20. The van der Waals surface area contributed by atoms with Gasteiger partial charge in [0, 0.05) is 28.0 Å². The van der Waals surface area contributed by atoms with Crippen molar-refractivity contribution in [3.8, 4) is 11.4 Å². The number of hydrogen-bond acceptors (Lipinski definition) is 3. The van der Waals surface area contributed by atoms with Crippen LogP contribution in [0, 0.1) is 13.8 Å². The molecular formula is C17H22BrN3. The molecule has 0 spiro atoms. The molecule has 1 aromatic carbocycles. The summed E-state index contributed by atoms with van der Waals surface area (Å²) >= 11 is 3.57. The van der Waals surface area contributed by atoms with E-state index in [1.807, 2.05) is 24.3 Å². The minimum absolute atomic E-state index is 0.415. The standard InChI is InChI=1S/C17H22BrN3/c1-5-19-10-11(2)16-12(3)20-17(21-13(16)4)14-8-6-7-9-15(14)18/h6-9,11,19H,5,10H2,1-4H3. The van der Waals surface area contributed by atoms with Gasteiger partial charge in [0.15, 0.2) is 5.82 Å². The molecule has 4 heteroatoms. The molecule has 3 nitrogen and oxygen atoms in total. The smallest absolute Gasteiger partial charge is 0.160 e. The number of aryl methyl sites for hydroxylation is 2. The highest BCUT2D eigenvalue weighted by molar-refractivity contribution is 9.10. The Bertz CT molecular complexity index is 602. The minimum Gasteiger partial charge on any atom is -0.316 e. The van der Waals surface area contributed by atoms with Crippen molar-refractivity contribution in [2.45, 2.75) is 33.6 Å². The average Bonchev–Trinajstić information content (AvgIpc) is 2.44. The molecule has 1 N–H and O–H groups in total. The maximum absolute atomic E-state index is 4.73. The van der Waals surface area contributed by atoms with Gasteiger partial charge in [-0.3, -0.25) is 0 Å². The molecule has 2 rings (SSSR count). The van der Waals surface area contributed by atoms with Crippen LogP contribution < -0.4 is 5.32 Å². The first-order valence-corrected chi connectivity index (χ1v) is 8.14. The van der Waals surface area contributed by atoms with E-state index in [2.05, 4.69) is 48.9 Å². The number of nitrogens with zero attached hydrogens (tertiary/aromatic N) is 2. The van der Waals surface area contributed by atoms with Crippen molar-refractivity contribution in [3.63, 3.8) is 0 Å².